The molecular weight excluding hydrogens is 288 g/mol. The van der Waals surface area contributed by atoms with E-state index in [9.17, 15) is 4.79 Å². The van der Waals surface area contributed by atoms with Gasteiger partial charge in [-0.25, -0.2) is 4.79 Å². The van der Waals surface area contributed by atoms with Gasteiger partial charge in [-0.3, -0.25) is 0 Å². The average molecular weight is 311 g/mol. The van der Waals surface area contributed by atoms with Crippen molar-refractivity contribution in [3.05, 3.63) is 28.8 Å². The second kappa shape index (κ2) is 8.25. The van der Waals surface area contributed by atoms with Crippen LogP contribution in [0.15, 0.2) is 18.2 Å². The van der Waals surface area contributed by atoms with Gasteiger partial charge in [0.1, 0.15) is 0 Å². The number of carbonyl (C=O) groups is 1. The van der Waals surface area contributed by atoms with Crippen molar-refractivity contribution in [3.63, 3.8) is 0 Å². The number of aryl methyl sites for hydroxylation is 1. The van der Waals surface area contributed by atoms with Gasteiger partial charge in [0.2, 0.25) is 0 Å². The van der Waals surface area contributed by atoms with E-state index in [0.717, 1.165) is 12.0 Å². The fraction of sp³-hybridized carbons (Fsp3) is 0.562. The van der Waals surface area contributed by atoms with Crippen LogP contribution in [0.25, 0.3) is 0 Å². The highest BCUT2D eigenvalue weighted by Crippen LogP contribution is 2.21. The summed E-state index contributed by atoms with van der Waals surface area (Å²) < 4.78 is 5.74. The first-order valence-electron chi connectivity index (χ1n) is 7.58. The zero-order valence-electron chi connectivity index (χ0n) is 12.5. The van der Waals surface area contributed by atoms with E-state index >= 15 is 0 Å². The van der Waals surface area contributed by atoms with Crippen LogP contribution in [0.2, 0.25) is 5.02 Å². The van der Waals surface area contributed by atoms with Crippen molar-refractivity contribution in [1.29, 1.82) is 0 Å². The summed E-state index contributed by atoms with van der Waals surface area (Å²) in [6.07, 6.45) is 6.20. The molecule has 2 N–H and O–H groups in total. The second-order valence-electron chi connectivity index (χ2n) is 5.48. The maximum Gasteiger partial charge on any atom is 0.319 e. The molecule has 1 saturated carbocycles. The third kappa shape index (κ3) is 5.56. The van der Waals surface area contributed by atoms with Crippen LogP contribution in [0.3, 0.4) is 0 Å². The molecule has 2 amide bonds. The summed E-state index contributed by atoms with van der Waals surface area (Å²) in [6.45, 7) is 3.25. The summed E-state index contributed by atoms with van der Waals surface area (Å²) in [6, 6.07) is 5.26. The fourth-order valence-corrected chi connectivity index (χ4v) is 2.61. The lowest BCUT2D eigenvalue weighted by molar-refractivity contribution is 0.0572. The van der Waals surface area contributed by atoms with Crippen molar-refractivity contribution in [1.82, 2.24) is 5.32 Å². The fourth-order valence-electron chi connectivity index (χ4n) is 2.43. The number of carbonyl (C=O) groups excluding carboxylic acids is 1. The van der Waals surface area contributed by atoms with Gasteiger partial charge in [0, 0.05) is 23.9 Å². The molecule has 1 aliphatic carbocycles. The molecule has 1 aromatic rings. The molecule has 0 aromatic heterocycles. The molecular formula is C16H23ClN2O2. The van der Waals surface area contributed by atoms with E-state index in [0.29, 0.717) is 30.0 Å². The highest BCUT2D eigenvalue weighted by molar-refractivity contribution is 6.31. The summed E-state index contributed by atoms with van der Waals surface area (Å²) in [4.78, 5) is 11.7. The first kappa shape index (κ1) is 16.1. The lowest BCUT2D eigenvalue weighted by Crippen LogP contribution is -2.30. The highest BCUT2D eigenvalue weighted by atomic mass is 35.5. The molecule has 4 nitrogen and oxygen atoms in total. The van der Waals surface area contributed by atoms with E-state index in [-0.39, 0.29) is 6.03 Å². The van der Waals surface area contributed by atoms with Crippen LogP contribution in [0.1, 0.15) is 37.7 Å². The molecule has 0 radical (unpaired) electrons. The Labute approximate surface area is 131 Å². The third-order valence-electron chi connectivity index (χ3n) is 3.69. The molecule has 1 aliphatic rings. The molecule has 0 bridgehead atoms. The first-order chi connectivity index (χ1) is 10.1. The summed E-state index contributed by atoms with van der Waals surface area (Å²) in [5.74, 6) is 0. The summed E-state index contributed by atoms with van der Waals surface area (Å²) in [5, 5.41) is 6.23. The Balaban J connectivity index is 1.59. The number of rotatable bonds is 6. The molecule has 0 atom stereocenters. The van der Waals surface area contributed by atoms with Gasteiger partial charge < -0.3 is 15.4 Å². The standard InChI is InChI=1S/C16H23ClN2O2/c1-12-7-8-13(11-15(12)17)19-16(20)18-9-4-10-21-14-5-2-3-6-14/h7-8,11,14H,2-6,9-10H2,1H3,(H2,18,19,20). The van der Waals surface area contributed by atoms with Gasteiger partial charge in [0.15, 0.2) is 0 Å². The van der Waals surface area contributed by atoms with Crippen molar-refractivity contribution in [3.8, 4) is 0 Å². The van der Waals surface area contributed by atoms with E-state index in [1.807, 2.05) is 19.1 Å². The number of halogens is 1. The molecule has 0 spiro atoms. The van der Waals surface area contributed by atoms with Crippen LogP contribution in [-0.2, 0) is 4.74 Å². The van der Waals surface area contributed by atoms with Crippen LogP contribution in [0.5, 0.6) is 0 Å². The quantitative estimate of drug-likeness (QED) is 0.777. The first-order valence-corrected chi connectivity index (χ1v) is 7.95. The minimum Gasteiger partial charge on any atom is -0.378 e. The zero-order valence-corrected chi connectivity index (χ0v) is 13.2. The van der Waals surface area contributed by atoms with Crippen LogP contribution >= 0.6 is 11.6 Å². The predicted octanol–water partition coefficient (Wildman–Crippen LogP) is 4.12. The lowest BCUT2D eigenvalue weighted by atomic mass is 10.2. The van der Waals surface area contributed by atoms with E-state index in [4.69, 9.17) is 16.3 Å². The number of benzene rings is 1. The Bertz CT molecular complexity index is 473. The van der Waals surface area contributed by atoms with Gasteiger partial charge in [0.05, 0.1) is 6.10 Å². The number of hydrogen-bond donors (Lipinski definition) is 2. The normalized spacial score (nSPS) is 15.1. The smallest absolute Gasteiger partial charge is 0.319 e. The largest absolute Gasteiger partial charge is 0.378 e. The molecule has 0 saturated heterocycles. The summed E-state index contributed by atoms with van der Waals surface area (Å²) in [5.41, 5.74) is 1.69. The zero-order chi connectivity index (χ0) is 15.1. The molecule has 0 heterocycles. The van der Waals surface area contributed by atoms with E-state index in [1.54, 1.807) is 6.07 Å². The second-order valence-corrected chi connectivity index (χ2v) is 5.88. The van der Waals surface area contributed by atoms with Crippen LogP contribution in [0, 0.1) is 6.92 Å². The van der Waals surface area contributed by atoms with Gasteiger partial charge >= 0.3 is 6.03 Å². The Morgan fingerprint density at radius 2 is 2.14 bits per heavy atom. The van der Waals surface area contributed by atoms with Gasteiger partial charge in [-0.1, -0.05) is 30.5 Å². The van der Waals surface area contributed by atoms with Gasteiger partial charge in [-0.2, -0.15) is 0 Å². The Morgan fingerprint density at radius 1 is 1.38 bits per heavy atom. The molecule has 0 unspecified atom stereocenters. The van der Waals surface area contributed by atoms with Crippen LogP contribution < -0.4 is 10.6 Å². The SMILES string of the molecule is Cc1ccc(NC(=O)NCCCOC2CCCC2)cc1Cl. The number of urea groups is 1. The highest BCUT2D eigenvalue weighted by Gasteiger charge is 2.14. The van der Waals surface area contributed by atoms with Crippen LogP contribution in [-0.4, -0.2) is 25.3 Å². The van der Waals surface area contributed by atoms with E-state index in [2.05, 4.69) is 10.6 Å². The monoisotopic (exact) mass is 310 g/mol. The molecule has 116 valence electrons. The lowest BCUT2D eigenvalue weighted by Gasteiger charge is -2.11. The van der Waals surface area contributed by atoms with Gasteiger partial charge in [0.25, 0.3) is 0 Å². The number of hydrogen-bond acceptors (Lipinski definition) is 2. The maximum absolute atomic E-state index is 11.7. The Kier molecular flexibility index (Phi) is 6.33. The van der Waals surface area contributed by atoms with E-state index < -0.39 is 0 Å². The van der Waals surface area contributed by atoms with Crippen molar-refractivity contribution in [2.45, 2.75) is 45.1 Å². The number of amides is 2. The van der Waals surface area contributed by atoms with Crippen molar-refractivity contribution >= 4 is 23.3 Å². The van der Waals surface area contributed by atoms with E-state index in [1.165, 1.54) is 25.7 Å². The number of ether oxygens (including phenoxy) is 1. The van der Waals surface area contributed by atoms with Crippen LogP contribution in [0.4, 0.5) is 10.5 Å². The molecule has 1 fully saturated rings. The van der Waals surface area contributed by atoms with Gasteiger partial charge in [-0.05, 0) is 43.9 Å². The third-order valence-corrected chi connectivity index (χ3v) is 4.10. The molecule has 2 rings (SSSR count). The van der Waals surface area contributed by atoms with Crippen molar-refractivity contribution in [2.75, 3.05) is 18.5 Å². The number of nitrogens with one attached hydrogen (secondary N) is 2. The summed E-state index contributed by atoms with van der Waals surface area (Å²) in [7, 11) is 0. The van der Waals surface area contributed by atoms with Gasteiger partial charge in [-0.15, -0.1) is 0 Å². The topological polar surface area (TPSA) is 50.4 Å². The minimum atomic E-state index is -0.212. The number of anilines is 1. The predicted molar refractivity (Wildman–Crippen MR) is 86.0 cm³/mol. The molecule has 21 heavy (non-hydrogen) atoms. The van der Waals surface area contributed by atoms with Crippen molar-refractivity contribution in [2.24, 2.45) is 0 Å². The average Bonchev–Trinajstić information content (AvgIpc) is 2.96. The summed E-state index contributed by atoms with van der Waals surface area (Å²) >= 11 is 6.02. The molecule has 0 aliphatic heterocycles. The maximum atomic E-state index is 11.7. The minimum absolute atomic E-state index is 0.212. The Hall–Kier alpha value is -1.26. The molecule has 1 aromatic carbocycles. The Morgan fingerprint density at radius 3 is 2.86 bits per heavy atom. The molecule has 5 heteroatoms. The van der Waals surface area contributed by atoms with Crippen molar-refractivity contribution < 1.29 is 9.53 Å².